The molecule has 0 spiro atoms. The van der Waals surface area contributed by atoms with E-state index in [0.717, 1.165) is 35.5 Å². The van der Waals surface area contributed by atoms with Crippen LogP contribution in [0.1, 0.15) is 56.6 Å². The normalized spacial score (nSPS) is 13.2. The van der Waals surface area contributed by atoms with Gasteiger partial charge in [-0.05, 0) is 25.3 Å². The zero-order valence-corrected chi connectivity index (χ0v) is 18.2. The number of rotatable bonds is 6. The Hall–Kier alpha value is -3.55. The third kappa shape index (κ3) is 4.33. The van der Waals surface area contributed by atoms with Crippen LogP contribution in [-0.2, 0) is 13.6 Å². The molecule has 1 aliphatic rings. The average Bonchev–Trinajstić information content (AvgIpc) is 3.57. The van der Waals surface area contributed by atoms with Crippen LogP contribution in [0.5, 0.6) is 0 Å². The van der Waals surface area contributed by atoms with E-state index in [1.807, 2.05) is 38.2 Å². The van der Waals surface area contributed by atoms with E-state index in [9.17, 15) is 9.59 Å². The van der Waals surface area contributed by atoms with E-state index in [2.05, 4.69) is 15.4 Å². The van der Waals surface area contributed by atoms with E-state index >= 15 is 0 Å². The first-order chi connectivity index (χ1) is 14.8. The highest BCUT2D eigenvalue weighted by molar-refractivity contribution is 5.99. The van der Waals surface area contributed by atoms with Crippen molar-refractivity contribution in [2.75, 3.05) is 14.1 Å². The fourth-order valence-corrected chi connectivity index (χ4v) is 3.33. The van der Waals surface area contributed by atoms with Crippen LogP contribution in [0.3, 0.4) is 0 Å². The quantitative estimate of drug-likeness (QED) is 0.664. The van der Waals surface area contributed by atoms with Crippen LogP contribution in [0.25, 0.3) is 11.3 Å². The summed E-state index contributed by atoms with van der Waals surface area (Å²) in [5.74, 6) is 0.917. The second-order valence-corrected chi connectivity index (χ2v) is 8.11. The number of nitrogens with one attached hydrogen (secondary N) is 1. The predicted octanol–water partition coefficient (Wildman–Crippen LogP) is 2.69. The second-order valence-electron chi connectivity index (χ2n) is 8.11. The van der Waals surface area contributed by atoms with Crippen molar-refractivity contribution >= 4 is 11.8 Å². The van der Waals surface area contributed by atoms with Crippen molar-refractivity contribution < 1.29 is 9.59 Å². The third-order valence-corrected chi connectivity index (χ3v) is 5.55. The number of aryl methyl sites for hydroxylation is 1. The predicted molar refractivity (Wildman–Crippen MR) is 117 cm³/mol. The second kappa shape index (κ2) is 8.29. The molecule has 0 unspecified atom stereocenters. The van der Waals surface area contributed by atoms with Crippen molar-refractivity contribution in [1.29, 1.82) is 0 Å². The smallest absolute Gasteiger partial charge is 0.257 e. The number of benzene rings is 1. The summed E-state index contributed by atoms with van der Waals surface area (Å²) in [5.41, 5.74) is 4.34. The topological polar surface area (TPSA) is 93.0 Å². The summed E-state index contributed by atoms with van der Waals surface area (Å²) < 4.78 is 1.67. The molecule has 1 aromatic carbocycles. The molecule has 1 fully saturated rings. The van der Waals surface area contributed by atoms with Gasteiger partial charge in [0.15, 0.2) is 0 Å². The van der Waals surface area contributed by atoms with E-state index in [4.69, 9.17) is 4.98 Å². The Morgan fingerprint density at radius 1 is 1.13 bits per heavy atom. The first kappa shape index (κ1) is 20.7. The van der Waals surface area contributed by atoms with Crippen LogP contribution >= 0.6 is 0 Å². The van der Waals surface area contributed by atoms with Crippen molar-refractivity contribution in [2.45, 2.75) is 32.2 Å². The Labute approximate surface area is 181 Å². The van der Waals surface area contributed by atoms with Gasteiger partial charge in [-0.2, -0.15) is 5.10 Å². The summed E-state index contributed by atoms with van der Waals surface area (Å²) in [6, 6.07) is 7.74. The minimum absolute atomic E-state index is 0.125. The van der Waals surface area contributed by atoms with Gasteiger partial charge >= 0.3 is 0 Å². The highest BCUT2D eigenvalue weighted by atomic mass is 16.2. The fraction of sp³-hybridized carbons (Fsp3) is 0.348. The molecule has 8 nitrogen and oxygen atoms in total. The molecule has 0 atom stereocenters. The number of aromatic nitrogens is 4. The fourth-order valence-electron chi connectivity index (χ4n) is 3.33. The summed E-state index contributed by atoms with van der Waals surface area (Å²) in [7, 11) is 5.25. The van der Waals surface area contributed by atoms with Gasteiger partial charge in [-0.1, -0.05) is 24.3 Å². The Kier molecular flexibility index (Phi) is 5.54. The maximum absolute atomic E-state index is 12.6. The van der Waals surface area contributed by atoms with Crippen LogP contribution in [0.4, 0.5) is 0 Å². The Balaban J connectivity index is 1.53. The molecular formula is C23H26N6O2. The van der Waals surface area contributed by atoms with Crippen molar-refractivity contribution in [2.24, 2.45) is 7.05 Å². The van der Waals surface area contributed by atoms with E-state index in [1.54, 1.807) is 31.2 Å². The van der Waals surface area contributed by atoms with Gasteiger partial charge in [0.1, 0.15) is 5.82 Å². The molecule has 2 heterocycles. The maximum Gasteiger partial charge on any atom is 0.257 e. The molecule has 3 aromatic rings. The van der Waals surface area contributed by atoms with Gasteiger partial charge in [-0.15, -0.1) is 0 Å². The molecule has 2 amide bonds. The molecule has 1 N–H and O–H groups in total. The standard InChI is InChI=1S/C23H26N6O2/c1-14-18(13-26-29(14)4)22(30)25-11-15-5-7-16(8-6-15)20-19(23(31)28(2)3)12-24-21(27-20)17-9-10-17/h5-8,12-13,17H,9-11H2,1-4H3,(H,25,30). The molecule has 31 heavy (non-hydrogen) atoms. The molecular weight excluding hydrogens is 392 g/mol. The summed E-state index contributed by atoms with van der Waals surface area (Å²) in [5, 5.41) is 7.04. The average molecular weight is 419 g/mol. The zero-order valence-electron chi connectivity index (χ0n) is 18.2. The molecule has 0 bridgehead atoms. The molecule has 2 aromatic heterocycles. The lowest BCUT2D eigenvalue weighted by molar-refractivity contribution is 0.0827. The number of amides is 2. The molecule has 4 rings (SSSR count). The summed E-state index contributed by atoms with van der Waals surface area (Å²) >= 11 is 0. The lowest BCUT2D eigenvalue weighted by atomic mass is 10.0. The van der Waals surface area contributed by atoms with Crippen LogP contribution in [0.2, 0.25) is 0 Å². The number of hydrogen-bond acceptors (Lipinski definition) is 5. The van der Waals surface area contributed by atoms with Crippen molar-refractivity contribution in [1.82, 2.24) is 30.0 Å². The zero-order chi connectivity index (χ0) is 22.1. The van der Waals surface area contributed by atoms with Crippen molar-refractivity contribution in [3.8, 4) is 11.3 Å². The number of carbonyl (C=O) groups is 2. The molecule has 0 aliphatic heterocycles. The highest BCUT2D eigenvalue weighted by Crippen LogP contribution is 2.39. The van der Waals surface area contributed by atoms with Crippen molar-refractivity contribution in [3.63, 3.8) is 0 Å². The number of carbonyl (C=O) groups excluding carboxylic acids is 2. The SMILES string of the molecule is Cc1c(C(=O)NCc2ccc(-c3nc(C4CC4)ncc3C(=O)N(C)C)cc2)cnn1C. The van der Waals surface area contributed by atoms with Gasteiger partial charge in [0.05, 0.1) is 23.0 Å². The molecule has 8 heteroatoms. The Bertz CT molecular complexity index is 1130. The number of hydrogen-bond donors (Lipinski definition) is 1. The molecule has 1 saturated carbocycles. The van der Waals surface area contributed by atoms with Crippen LogP contribution < -0.4 is 5.32 Å². The minimum atomic E-state index is -0.154. The Morgan fingerprint density at radius 2 is 1.84 bits per heavy atom. The number of nitrogens with zero attached hydrogens (tertiary/aromatic N) is 5. The van der Waals surface area contributed by atoms with E-state index in [-0.39, 0.29) is 11.8 Å². The Morgan fingerprint density at radius 3 is 2.42 bits per heavy atom. The summed E-state index contributed by atoms with van der Waals surface area (Å²) in [6.07, 6.45) is 5.40. The van der Waals surface area contributed by atoms with Crippen LogP contribution in [0.15, 0.2) is 36.7 Å². The first-order valence-corrected chi connectivity index (χ1v) is 10.3. The molecule has 1 aliphatic carbocycles. The van der Waals surface area contributed by atoms with Gasteiger partial charge in [0.2, 0.25) is 0 Å². The van der Waals surface area contributed by atoms with Gasteiger partial charge in [0, 0.05) is 51.1 Å². The van der Waals surface area contributed by atoms with Gasteiger partial charge < -0.3 is 10.2 Å². The first-order valence-electron chi connectivity index (χ1n) is 10.3. The molecule has 0 saturated heterocycles. The molecule has 160 valence electrons. The van der Waals surface area contributed by atoms with Crippen molar-refractivity contribution in [3.05, 3.63) is 64.9 Å². The molecule has 0 radical (unpaired) electrons. The summed E-state index contributed by atoms with van der Waals surface area (Å²) in [6.45, 7) is 2.26. The maximum atomic E-state index is 12.6. The van der Waals surface area contributed by atoms with E-state index in [0.29, 0.717) is 29.3 Å². The lowest BCUT2D eigenvalue weighted by Crippen LogP contribution is -2.23. The summed E-state index contributed by atoms with van der Waals surface area (Å²) in [4.78, 5) is 35.7. The lowest BCUT2D eigenvalue weighted by Gasteiger charge is -2.14. The van der Waals surface area contributed by atoms with E-state index in [1.165, 1.54) is 4.90 Å². The third-order valence-electron chi connectivity index (χ3n) is 5.55. The minimum Gasteiger partial charge on any atom is -0.348 e. The van der Waals surface area contributed by atoms with Crippen LogP contribution in [-0.4, -0.2) is 50.6 Å². The van der Waals surface area contributed by atoms with Crippen LogP contribution in [0, 0.1) is 6.92 Å². The van der Waals surface area contributed by atoms with Gasteiger partial charge in [-0.3, -0.25) is 14.3 Å². The monoisotopic (exact) mass is 418 g/mol. The van der Waals surface area contributed by atoms with Gasteiger partial charge in [-0.25, -0.2) is 9.97 Å². The van der Waals surface area contributed by atoms with Gasteiger partial charge in [0.25, 0.3) is 11.8 Å². The largest absolute Gasteiger partial charge is 0.348 e. The van der Waals surface area contributed by atoms with E-state index < -0.39 is 0 Å². The highest BCUT2D eigenvalue weighted by Gasteiger charge is 2.28.